The van der Waals surface area contributed by atoms with Crippen molar-refractivity contribution in [2.75, 3.05) is 19.7 Å². The molecule has 0 aromatic carbocycles. The predicted molar refractivity (Wildman–Crippen MR) is 71.2 cm³/mol. The van der Waals surface area contributed by atoms with Gasteiger partial charge in [-0.15, -0.1) is 0 Å². The Morgan fingerprint density at radius 1 is 1.44 bits per heavy atom. The first-order valence-electron chi connectivity index (χ1n) is 7.23. The molecule has 2 aliphatic rings. The number of rotatable bonds is 6. The molecule has 2 rings (SSSR count). The van der Waals surface area contributed by atoms with Gasteiger partial charge in [0.15, 0.2) is 0 Å². The Morgan fingerprint density at radius 3 is 2.61 bits per heavy atom. The molecule has 18 heavy (non-hydrogen) atoms. The number of likely N-dealkylation sites (N-methyl/N-ethyl adjacent to an activating group) is 1. The lowest BCUT2D eigenvalue weighted by atomic mass is 10.0. The van der Waals surface area contributed by atoms with Crippen LogP contribution in [0.5, 0.6) is 0 Å². The Morgan fingerprint density at radius 2 is 2.17 bits per heavy atom. The normalized spacial score (nSPS) is 31.6. The summed E-state index contributed by atoms with van der Waals surface area (Å²) in [5.41, 5.74) is 5.61. The van der Waals surface area contributed by atoms with Crippen LogP contribution in [0.25, 0.3) is 0 Å². The van der Waals surface area contributed by atoms with Crippen molar-refractivity contribution < 1.29 is 9.53 Å². The lowest BCUT2D eigenvalue weighted by Crippen LogP contribution is -2.43. The smallest absolute Gasteiger partial charge is 0.248 e. The Kier molecular flexibility index (Phi) is 4.28. The second-order valence-corrected chi connectivity index (χ2v) is 5.93. The second kappa shape index (κ2) is 5.57. The highest BCUT2D eigenvalue weighted by Gasteiger charge is 2.39. The summed E-state index contributed by atoms with van der Waals surface area (Å²) in [4.78, 5) is 14.1. The minimum Gasteiger partial charge on any atom is -0.364 e. The van der Waals surface area contributed by atoms with Gasteiger partial charge in [-0.05, 0) is 44.9 Å². The summed E-state index contributed by atoms with van der Waals surface area (Å²) in [5, 5.41) is 0. The van der Waals surface area contributed by atoms with Crippen LogP contribution < -0.4 is 5.73 Å². The average molecular weight is 254 g/mol. The van der Waals surface area contributed by atoms with E-state index in [2.05, 4.69) is 6.92 Å². The maximum Gasteiger partial charge on any atom is 0.248 e. The highest BCUT2D eigenvalue weighted by molar-refractivity contribution is 5.78. The minimum atomic E-state index is -0.238. The van der Waals surface area contributed by atoms with E-state index in [1.807, 2.05) is 11.8 Å². The molecule has 2 aliphatic carbocycles. The molecule has 0 radical (unpaired) electrons. The molecule has 0 spiro atoms. The lowest BCUT2D eigenvalue weighted by molar-refractivity contribution is -0.143. The summed E-state index contributed by atoms with van der Waals surface area (Å²) in [7, 11) is 0. The number of ether oxygens (including phenoxy) is 1. The van der Waals surface area contributed by atoms with Gasteiger partial charge in [-0.1, -0.05) is 6.92 Å². The Balaban J connectivity index is 1.84. The van der Waals surface area contributed by atoms with Crippen LogP contribution in [0.2, 0.25) is 0 Å². The molecule has 0 aromatic rings. The van der Waals surface area contributed by atoms with Crippen LogP contribution in [0.1, 0.15) is 46.0 Å². The summed E-state index contributed by atoms with van der Waals surface area (Å²) in [5.74, 6) is 0.793. The van der Waals surface area contributed by atoms with Gasteiger partial charge in [-0.3, -0.25) is 4.79 Å². The summed E-state index contributed by atoms with van der Waals surface area (Å²) in [6.45, 7) is 5.78. The van der Waals surface area contributed by atoms with Gasteiger partial charge in [0.2, 0.25) is 5.91 Å². The van der Waals surface area contributed by atoms with Gasteiger partial charge in [0.1, 0.15) is 6.61 Å². The highest BCUT2D eigenvalue weighted by Crippen LogP contribution is 2.36. The van der Waals surface area contributed by atoms with Crippen LogP contribution in [0.4, 0.5) is 0 Å². The summed E-state index contributed by atoms with van der Waals surface area (Å²) in [6.07, 6.45) is 5.45. The zero-order chi connectivity index (χ0) is 13.2. The van der Waals surface area contributed by atoms with Gasteiger partial charge in [0.05, 0.1) is 5.60 Å². The molecule has 0 aliphatic heterocycles. The fourth-order valence-electron chi connectivity index (χ4n) is 3.05. The predicted octanol–water partition coefficient (Wildman–Crippen LogP) is 1.53. The van der Waals surface area contributed by atoms with Crippen molar-refractivity contribution in [2.45, 2.75) is 57.6 Å². The topological polar surface area (TPSA) is 55.6 Å². The van der Waals surface area contributed by atoms with E-state index in [4.69, 9.17) is 10.5 Å². The lowest BCUT2D eigenvalue weighted by Gasteiger charge is -2.29. The van der Waals surface area contributed by atoms with Gasteiger partial charge < -0.3 is 15.4 Å². The molecule has 1 amide bonds. The Hall–Kier alpha value is -0.610. The third-order valence-corrected chi connectivity index (χ3v) is 4.34. The molecule has 104 valence electrons. The molecule has 0 bridgehead atoms. The van der Waals surface area contributed by atoms with Crippen molar-refractivity contribution in [3.05, 3.63) is 0 Å². The number of nitrogens with zero attached hydrogens (tertiary/aromatic N) is 1. The van der Waals surface area contributed by atoms with Crippen LogP contribution in [-0.2, 0) is 9.53 Å². The Labute approximate surface area is 110 Å². The van der Waals surface area contributed by atoms with Gasteiger partial charge in [-0.2, -0.15) is 0 Å². The van der Waals surface area contributed by atoms with Crippen molar-refractivity contribution in [1.82, 2.24) is 4.90 Å². The number of nitrogens with two attached hydrogens (primary N) is 1. The number of hydrogen-bond acceptors (Lipinski definition) is 3. The van der Waals surface area contributed by atoms with Crippen molar-refractivity contribution in [1.29, 1.82) is 0 Å². The molecule has 0 heterocycles. The number of amides is 1. The molecule has 2 fully saturated rings. The van der Waals surface area contributed by atoms with Crippen molar-refractivity contribution in [3.8, 4) is 0 Å². The quantitative estimate of drug-likeness (QED) is 0.782. The van der Waals surface area contributed by atoms with E-state index in [0.717, 1.165) is 38.6 Å². The average Bonchev–Trinajstić information content (AvgIpc) is 3.12. The first-order chi connectivity index (χ1) is 8.60. The number of hydrogen-bond donors (Lipinski definition) is 1. The number of carbonyl (C=O) groups is 1. The van der Waals surface area contributed by atoms with E-state index in [9.17, 15) is 4.79 Å². The van der Waals surface area contributed by atoms with Gasteiger partial charge in [0.25, 0.3) is 0 Å². The van der Waals surface area contributed by atoms with Crippen LogP contribution >= 0.6 is 0 Å². The summed E-state index contributed by atoms with van der Waals surface area (Å²) < 4.78 is 5.92. The molecule has 2 atom stereocenters. The number of carbonyl (C=O) groups excluding carboxylic acids is 1. The monoisotopic (exact) mass is 254 g/mol. The maximum atomic E-state index is 12.1. The third-order valence-electron chi connectivity index (χ3n) is 4.34. The standard InChI is InChI=1S/C14H26N2O2/c1-3-16(12-4-5-12)13(17)9-18-14(10-15)7-6-11(2)8-14/h11-12H,3-10,15H2,1-2H3. The van der Waals surface area contributed by atoms with Crippen LogP contribution in [0.3, 0.4) is 0 Å². The van der Waals surface area contributed by atoms with Gasteiger partial charge in [-0.25, -0.2) is 0 Å². The van der Waals surface area contributed by atoms with Crippen molar-refractivity contribution in [3.63, 3.8) is 0 Å². The second-order valence-electron chi connectivity index (χ2n) is 5.93. The molecular formula is C14H26N2O2. The van der Waals surface area contributed by atoms with Crippen molar-refractivity contribution in [2.24, 2.45) is 11.7 Å². The summed E-state index contributed by atoms with van der Waals surface area (Å²) in [6, 6.07) is 0.474. The van der Waals surface area contributed by atoms with E-state index < -0.39 is 0 Å². The fraction of sp³-hybridized carbons (Fsp3) is 0.929. The van der Waals surface area contributed by atoms with E-state index >= 15 is 0 Å². The molecule has 0 saturated heterocycles. The fourth-order valence-corrected chi connectivity index (χ4v) is 3.05. The molecular weight excluding hydrogens is 228 g/mol. The zero-order valence-electron chi connectivity index (χ0n) is 11.7. The van der Waals surface area contributed by atoms with Gasteiger partial charge >= 0.3 is 0 Å². The first kappa shape index (κ1) is 13.8. The third kappa shape index (κ3) is 3.04. The molecule has 2 saturated carbocycles. The van der Waals surface area contributed by atoms with Gasteiger partial charge in [0, 0.05) is 19.1 Å². The SMILES string of the molecule is CCN(C(=O)COC1(CN)CCC(C)C1)C1CC1. The summed E-state index contributed by atoms with van der Waals surface area (Å²) >= 11 is 0. The molecule has 4 nitrogen and oxygen atoms in total. The Bertz CT molecular complexity index is 304. The van der Waals surface area contributed by atoms with E-state index in [-0.39, 0.29) is 18.1 Å². The van der Waals surface area contributed by atoms with Crippen molar-refractivity contribution >= 4 is 5.91 Å². The molecule has 4 heteroatoms. The van der Waals surface area contributed by atoms with Crippen LogP contribution in [0.15, 0.2) is 0 Å². The largest absolute Gasteiger partial charge is 0.364 e. The van der Waals surface area contributed by atoms with E-state index in [1.165, 1.54) is 0 Å². The van der Waals surface area contributed by atoms with E-state index in [1.54, 1.807) is 0 Å². The van der Waals surface area contributed by atoms with E-state index in [0.29, 0.717) is 18.5 Å². The highest BCUT2D eigenvalue weighted by atomic mass is 16.5. The van der Waals surface area contributed by atoms with Crippen LogP contribution in [0, 0.1) is 5.92 Å². The maximum absolute atomic E-state index is 12.1. The minimum absolute atomic E-state index is 0.132. The molecule has 0 aromatic heterocycles. The first-order valence-corrected chi connectivity index (χ1v) is 7.23. The zero-order valence-corrected chi connectivity index (χ0v) is 11.7. The molecule has 2 unspecified atom stereocenters. The molecule has 2 N–H and O–H groups in total. The van der Waals surface area contributed by atoms with Crippen LogP contribution in [-0.4, -0.2) is 42.1 Å².